The Morgan fingerprint density at radius 1 is 1.12 bits per heavy atom. The summed E-state index contributed by atoms with van der Waals surface area (Å²) in [5, 5.41) is 5.19. The minimum Gasteiger partial charge on any atom is -0.325 e. The third-order valence-electron chi connectivity index (χ3n) is 4.46. The average molecular weight is 395 g/mol. The molecule has 2 amide bonds. The second-order valence-electron chi connectivity index (χ2n) is 6.57. The maximum atomic E-state index is 14.0. The summed E-state index contributed by atoms with van der Waals surface area (Å²) in [7, 11) is 0. The van der Waals surface area contributed by atoms with Crippen molar-refractivity contribution in [2.24, 2.45) is 5.41 Å². The van der Waals surface area contributed by atoms with Gasteiger partial charge in [-0.05, 0) is 37.1 Å². The van der Waals surface area contributed by atoms with E-state index in [1.54, 1.807) is 6.92 Å². The first kappa shape index (κ1) is 18.7. The molecule has 1 fully saturated rings. The van der Waals surface area contributed by atoms with Crippen molar-refractivity contribution in [3.8, 4) is 0 Å². The molecule has 0 bridgehead atoms. The number of nitrogens with one attached hydrogen (secondary N) is 2. The zero-order valence-corrected chi connectivity index (χ0v) is 15.5. The molecule has 0 unspecified atom stereocenters. The molecule has 136 valence electrons. The molecule has 1 saturated carbocycles. The summed E-state index contributed by atoms with van der Waals surface area (Å²) < 4.78 is 12.9. The third-order valence-corrected chi connectivity index (χ3v) is 5.57. The summed E-state index contributed by atoms with van der Waals surface area (Å²) in [6, 6.07) is 13.1. The molecular formula is C19H17Cl2FN2O2. The maximum Gasteiger partial charge on any atom is 0.233 e. The van der Waals surface area contributed by atoms with Crippen LogP contribution in [0.2, 0.25) is 0 Å². The molecule has 2 N–H and O–H groups in total. The number of anilines is 2. The predicted molar refractivity (Wildman–Crippen MR) is 101 cm³/mol. The molecule has 0 spiro atoms. The molecule has 2 aromatic carbocycles. The molecule has 0 saturated heterocycles. The Balaban J connectivity index is 1.68. The fourth-order valence-electron chi connectivity index (χ4n) is 2.59. The highest BCUT2D eigenvalue weighted by molar-refractivity contribution is 6.53. The highest BCUT2D eigenvalue weighted by Gasteiger charge is 2.67. The normalized spacial score (nSPS) is 20.3. The van der Waals surface area contributed by atoms with Crippen molar-refractivity contribution in [2.45, 2.75) is 24.1 Å². The van der Waals surface area contributed by atoms with Crippen molar-refractivity contribution in [1.29, 1.82) is 0 Å². The van der Waals surface area contributed by atoms with E-state index in [1.807, 2.05) is 30.3 Å². The Morgan fingerprint density at radius 3 is 2.38 bits per heavy atom. The number of alkyl halides is 2. The van der Waals surface area contributed by atoms with Crippen LogP contribution in [-0.2, 0) is 16.0 Å². The molecule has 1 atom stereocenters. The summed E-state index contributed by atoms with van der Waals surface area (Å²) in [5.74, 6) is -1.30. The van der Waals surface area contributed by atoms with Gasteiger partial charge in [-0.25, -0.2) is 4.39 Å². The van der Waals surface area contributed by atoms with Gasteiger partial charge in [0.05, 0.1) is 17.5 Å². The number of carbonyl (C=O) groups is 2. The van der Waals surface area contributed by atoms with Gasteiger partial charge in [0, 0.05) is 5.69 Å². The molecule has 2 aromatic rings. The van der Waals surface area contributed by atoms with E-state index in [1.165, 1.54) is 18.2 Å². The second kappa shape index (κ2) is 6.89. The maximum absolute atomic E-state index is 14.0. The largest absolute Gasteiger partial charge is 0.325 e. The van der Waals surface area contributed by atoms with Gasteiger partial charge in [-0.3, -0.25) is 9.59 Å². The Hall–Kier alpha value is -2.11. The number of benzene rings is 2. The van der Waals surface area contributed by atoms with Gasteiger partial charge in [0.15, 0.2) is 0 Å². The lowest BCUT2D eigenvalue weighted by Gasteiger charge is -2.14. The molecular weight excluding hydrogens is 378 g/mol. The number of carbonyl (C=O) groups excluding carboxylic acids is 2. The van der Waals surface area contributed by atoms with Crippen LogP contribution in [0.5, 0.6) is 0 Å². The lowest BCUT2D eigenvalue weighted by Crippen LogP contribution is -2.26. The van der Waals surface area contributed by atoms with Crippen molar-refractivity contribution in [2.75, 3.05) is 10.6 Å². The lowest BCUT2D eigenvalue weighted by atomic mass is 10.1. The quantitative estimate of drug-likeness (QED) is 0.731. The first-order valence-corrected chi connectivity index (χ1v) is 8.79. The van der Waals surface area contributed by atoms with Gasteiger partial charge in [0.25, 0.3) is 0 Å². The zero-order chi connectivity index (χ0) is 18.9. The summed E-state index contributed by atoms with van der Waals surface area (Å²) >= 11 is 12.0. The van der Waals surface area contributed by atoms with Crippen LogP contribution in [-0.4, -0.2) is 16.1 Å². The second-order valence-corrected chi connectivity index (χ2v) is 8.06. The predicted octanol–water partition coefficient (Wildman–Crippen LogP) is 4.53. The van der Waals surface area contributed by atoms with Crippen LogP contribution in [0.15, 0.2) is 48.5 Å². The van der Waals surface area contributed by atoms with E-state index >= 15 is 0 Å². The highest BCUT2D eigenvalue weighted by Crippen LogP contribution is 2.64. The van der Waals surface area contributed by atoms with Crippen LogP contribution >= 0.6 is 23.2 Å². The van der Waals surface area contributed by atoms with E-state index in [-0.39, 0.29) is 23.9 Å². The summed E-state index contributed by atoms with van der Waals surface area (Å²) in [5.41, 5.74) is 0.273. The van der Waals surface area contributed by atoms with Crippen molar-refractivity contribution >= 4 is 46.4 Å². The minimum atomic E-state index is -1.09. The van der Waals surface area contributed by atoms with Crippen molar-refractivity contribution in [3.63, 3.8) is 0 Å². The molecule has 0 aromatic heterocycles. The molecule has 7 heteroatoms. The molecule has 1 aliphatic rings. The van der Waals surface area contributed by atoms with Gasteiger partial charge in [0.2, 0.25) is 11.8 Å². The van der Waals surface area contributed by atoms with E-state index in [2.05, 4.69) is 10.6 Å². The topological polar surface area (TPSA) is 58.2 Å². The van der Waals surface area contributed by atoms with Gasteiger partial charge in [0.1, 0.15) is 10.2 Å². The van der Waals surface area contributed by atoms with E-state index in [0.29, 0.717) is 12.1 Å². The highest BCUT2D eigenvalue weighted by atomic mass is 35.5. The van der Waals surface area contributed by atoms with Crippen LogP contribution in [0.25, 0.3) is 0 Å². The summed E-state index contributed by atoms with van der Waals surface area (Å²) in [4.78, 5) is 24.4. The van der Waals surface area contributed by atoms with Gasteiger partial charge >= 0.3 is 0 Å². The van der Waals surface area contributed by atoms with Gasteiger partial charge in [-0.1, -0.05) is 30.3 Å². The first-order chi connectivity index (χ1) is 12.2. The van der Waals surface area contributed by atoms with E-state index in [9.17, 15) is 14.0 Å². The van der Waals surface area contributed by atoms with Gasteiger partial charge < -0.3 is 10.6 Å². The van der Waals surface area contributed by atoms with Gasteiger partial charge in [-0.2, -0.15) is 0 Å². The average Bonchev–Trinajstić information content (AvgIpc) is 3.11. The van der Waals surface area contributed by atoms with Crippen molar-refractivity contribution < 1.29 is 14.0 Å². The lowest BCUT2D eigenvalue weighted by molar-refractivity contribution is -0.120. The Bertz CT molecular complexity index is 858. The van der Waals surface area contributed by atoms with E-state index in [0.717, 1.165) is 5.56 Å². The van der Waals surface area contributed by atoms with Crippen molar-refractivity contribution in [1.82, 2.24) is 0 Å². The fourth-order valence-corrected chi connectivity index (χ4v) is 3.30. The third kappa shape index (κ3) is 3.84. The van der Waals surface area contributed by atoms with Crippen molar-refractivity contribution in [3.05, 3.63) is 59.9 Å². The smallest absolute Gasteiger partial charge is 0.233 e. The summed E-state index contributed by atoms with van der Waals surface area (Å²) in [6.07, 6.45) is 0.465. The molecule has 1 aliphatic carbocycles. The summed E-state index contributed by atoms with van der Waals surface area (Å²) in [6.45, 7) is 1.66. The molecule has 0 heterocycles. The number of amides is 2. The minimum absolute atomic E-state index is 0.00677. The Kier molecular flexibility index (Phi) is 4.95. The molecule has 0 aliphatic heterocycles. The number of hydrogen-bond donors (Lipinski definition) is 2. The van der Waals surface area contributed by atoms with E-state index in [4.69, 9.17) is 23.2 Å². The SMILES string of the molecule is C[C@]1(C(=O)Nc2ccc(F)c(NC(=O)Cc3ccccc3)c2)CC1(Cl)Cl. The fraction of sp³-hybridized carbons (Fsp3) is 0.263. The van der Waals surface area contributed by atoms with Gasteiger partial charge in [-0.15, -0.1) is 23.2 Å². The molecule has 26 heavy (non-hydrogen) atoms. The first-order valence-electron chi connectivity index (χ1n) is 8.04. The van der Waals surface area contributed by atoms with Crippen LogP contribution in [0.1, 0.15) is 18.9 Å². The van der Waals surface area contributed by atoms with E-state index < -0.39 is 15.6 Å². The number of halogens is 3. The molecule has 4 nitrogen and oxygen atoms in total. The number of hydrogen-bond acceptors (Lipinski definition) is 2. The number of rotatable bonds is 5. The molecule has 3 rings (SSSR count). The van der Waals surface area contributed by atoms with Crippen LogP contribution in [0.4, 0.5) is 15.8 Å². The zero-order valence-electron chi connectivity index (χ0n) is 14.0. The standard InChI is InChI=1S/C19H17Cl2FN2O2/c1-18(11-19(18,20)21)17(26)23-13-7-8-14(22)15(10-13)24-16(25)9-12-5-3-2-4-6-12/h2-8,10H,9,11H2,1H3,(H,23,26)(H,24,25)/t18-/m1/s1. The molecule has 0 radical (unpaired) electrons. The van der Waals surface area contributed by atoms with Crippen LogP contribution in [0.3, 0.4) is 0 Å². The Morgan fingerprint density at radius 2 is 1.77 bits per heavy atom. The Labute approximate surface area is 160 Å². The van der Waals surface area contributed by atoms with Crippen LogP contribution in [0, 0.1) is 11.2 Å². The van der Waals surface area contributed by atoms with Crippen LogP contribution < -0.4 is 10.6 Å². The monoisotopic (exact) mass is 394 g/mol.